The molecule has 0 bridgehead atoms. The summed E-state index contributed by atoms with van der Waals surface area (Å²) in [6, 6.07) is 28.4. The molecular weight excluding hydrogens is 858 g/mol. The minimum atomic E-state index is -4.79. The van der Waals surface area contributed by atoms with Crippen LogP contribution in [-0.2, 0) is 37.3 Å². The van der Waals surface area contributed by atoms with Gasteiger partial charge in [0.2, 0.25) is 9.84 Å². The maximum atomic E-state index is 12.4. The van der Waals surface area contributed by atoms with E-state index in [1.54, 1.807) is 54.6 Å². The number of hydrogen-bond acceptors (Lipinski definition) is 14. The third-order valence-corrected chi connectivity index (χ3v) is 10.8. The Hall–Kier alpha value is -3.80. The van der Waals surface area contributed by atoms with E-state index in [0.29, 0.717) is 21.2 Å². The van der Waals surface area contributed by atoms with Gasteiger partial charge in [0.25, 0.3) is 0 Å². The second-order valence-electron chi connectivity index (χ2n) is 11.7. The summed E-state index contributed by atoms with van der Waals surface area (Å²) in [7, 11) is -8.59. The van der Waals surface area contributed by atoms with Crippen LogP contribution in [0.1, 0.15) is 0 Å². The topological polar surface area (TPSA) is 231 Å². The van der Waals surface area contributed by atoms with E-state index in [1.165, 1.54) is 36.4 Å². The average Bonchev–Trinajstić information content (AvgIpc) is 3.47. The molecule has 0 fully saturated rings. The van der Waals surface area contributed by atoms with Crippen LogP contribution in [0.3, 0.4) is 0 Å². The monoisotopic (exact) mass is 881 g/mol. The summed E-state index contributed by atoms with van der Waals surface area (Å²) in [5.41, 5.74) is 0.00290. The molecule has 1 aliphatic heterocycles. The Labute approximate surface area is 384 Å². The van der Waals surface area contributed by atoms with E-state index in [4.69, 9.17) is 16.3 Å². The van der Waals surface area contributed by atoms with Crippen molar-refractivity contribution in [3.05, 3.63) is 114 Å². The number of phenolic OH excluding ortho intramolecular Hbond substituents is 4. The zero-order valence-corrected chi connectivity index (χ0v) is 37.4. The number of fused-ring (bicyclic) bond motifs is 5. The van der Waals surface area contributed by atoms with E-state index in [9.17, 15) is 41.8 Å². The van der Waals surface area contributed by atoms with Gasteiger partial charge in [0.15, 0.2) is 17.4 Å². The van der Waals surface area contributed by atoms with Gasteiger partial charge in [-0.25, -0.2) is 16.8 Å². The summed E-state index contributed by atoms with van der Waals surface area (Å²) in [4.78, 5) is -0.758. The van der Waals surface area contributed by atoms with Crippen molar-refractivity contribution >= 4 is 86.6 Å². The molecule has 7 aromatic rings. The molecule has 4 N–H and O–H groups in total. The van der Waals surface area contributed by atoms with Crippen molar-refractivity contribution in [1.29, 1.82) is 0 Å². The number of aromatic hydroxyl groups is 4. The minimum Gasteiger partial charge on any atom is -0.744 e. The second kappa shape index (κ2) is 18.4. The van der Waals surface area contributed by atoms with Crippen LogP contribution in [0, 0.1) is 0 Å². The van der Waals surface area contributed by atoms with Crippen molar-refractivity contribution in [3.63, 3.8) is 0 Å². The third-order valence-electron chi connectivity index (χ3n) is 8.29. The van der Waals surface area contributed by atoms with Gasteiger partial charge < -0.3 is 29.7 Å². The van der Waals surface area contributed by atoms with E-state index in [-0.39, 0.29) is 138 Å². The first-order chi connectivity index (χ1) is 25.7. The first kappa shape index (κ1) is 45.9. The van der Waals surface area contributed by atoms with Gasteiger partial charge >= 0.3 is 59.1 Å². The number of hydrogen-bond donors (Lipinski definition) is 4. The number of phenols is 4. The van der Waals surface area contributed by atoms with Crippen LogP contribution in [0.5, 0.6) is 28.7 Å². The van der Waals surface area contributed by atoms with Crippen molar-refractivity contribution in [2.24, 2.45) is 20.5 Å². The summed E-state index contributed by atoms with van der Waals surface area (Å²) in [6.45, 7) is 0. The maximum absolute atomic E-state index is 12.4. The fourth-order valence-corrected chi connectivity index (χ4v) is 7.97. The van der Waals surface area contributed by atoms with E-state index < -0.39 is 36.5 Å². The van der Waals surface area contributed by atoms with Gasteiger partial charge in [0.05, 0.1) is 4.90 Å². The smallest absolute Gasteiger partial charge is 0.744 e. The quantitative estimate of drug-likeness (QED) is 0.112. The van der Waals surface area contributed by atoms with Gasteiger partial charge in [-0.1, -0.05) is 90.5 Å². The van der Waals surface area contributed by atoms with E-state index in [2.05, 4.69) is 20.5 Å². The molecule has 8 rings (SSSR count). The van der Waals surface area contributed by atoms with E-state index in [1.807, 2.05) is 12.1 Å². The van der Waals surface area contributed by atoms with Crippen LogP contribution < -0.4 is 63.9 Å². The fourth-order valence-electron chi connectivity index (χ4n) is 5.83. The second-order valence-corrected chi connectivity index (χ2v) is 15.4. The molecule has 0 amide bonds. The van der Waals surface area contributed by atoms with Crippen LogP contribution >= 0.6 is 11.6 Å². The van der Waals surface area contributed by atoms with Crippen molar-refractivity contribution in [2.75, 3.05) is 5.94 Å². The summed E-state index contributed by atoms with van der Waals surface area (Å²) in [5.74, 6) is -1.53. The van der Waals surface area contributed by atoms with Gasteiger partial charge in [-0.05, 0) is 29.7 Å². The van der Waals surface area contributed by atoms with Crippen molar-refractivity contribution in [2.45, 2.75) is 9.79 Å². The van der Waals surface area contributed by atoms with E-state index >= 15 is 0 Å². The average molecular weight is 882 g/mol. The third kappa shape index (κ3) is 9.26. The Kier molecular flexibility index (Phi) is 14.8. The molecule has 7 aromatic carbocycles. The van der Waals surface area contributed by atoms with Crippen LogP contribution in [0.25, 0.3) is 32.3 Å². The Morgan fingerprint density at radius 3 is 1.84 bits per heavy atom. The predicted molar refractivity (Wildman–Crippen MR) is 199 cm³/mol. The molecule has 0 saturated carbocycles. The molecule has 57 heavy (non-hydrogen) atoms. The molecule has 1 heterocycles. The Bertz CT molecular complexity index is 2980. The molecule has 0 unspecified atom stereocenters. The molecular formula is C37H24ClCrN4Na2O10S2+. The van der Waals surface area contributed by atoms with Crippen LogP contribution in [0.15, 0.2) is 139 Å². The van der Waals surface area contributed by atoms with Crippen molar-refractivity contribution in [1.82, 2.24) is 0 Å². The zero-order valence-electron chi connectivity index (χ0n) is 29.7. The normalized spacial score (nSPS) is 12.9. The van der Waals surface area contributed by atoms with Crippen molar-refractivity contribution in [3.8, 4) is 28.7 Å². The molecule has 0 atom stereocenters. The number of sulfone groups is 1. The molecule has 1 aliphatic rings. The molecule has 278 valence electrons. The zero-order chi connectivity index (χ0) is 38.4. The number of rotatable bonds is 5. The number of benzene rings is 7. The van der Waals surface area contributed by atoms with Gasteiger partial charge in [-0.3, -0.25) is 0 Å². The summed E-state index contributed by atoms with van der Waals surface area (Å²) in [5, 5.41) is 59.8. The number of ether oxygens (including phenoxy) is 1. The molecule has 0 radical (unpaired) electrons. The first-order valence-corrected chi connectivity index (χ1v) is 19.0. The predicted octanol–water partition coefficient (Wildman–Crippen LogP) is 3.17. The Morgan fingerprint density at radius 1 is 0.632 bits per heavy atom. The number of nitrogens with zero attached hydrogens (tertiary/aromatic N) is 4. The summed E-state index contributed by atoms with van der Waals surface area (Å²) in [6.07, 6.45) is 0. The molecule has 0 saturated heterocycles. The first-order valence-electron chi connectivity index (χ1n) is 15.6. The maximum Gasteiger partial charge on any atom is 1.00 e. The van der Waals surface area contributed by atoms with Crippen molar-refractivity contribution < 1.29 is 123 Å². The van der Waals surface area contributed by atoms with Crippen LogP contribution in [0.4, 0.5) is 22.7 Å². The molecule has 0 aromatic heterocycles. The minimum absolute atomic E-state index is 0. The molecule has 0 spiro atoms. The standard InChI is InChI=1S/C20H14N2O5S.C17H11ClN2O5S.Cr.2Na/c23-16-10-9-12-5-1-2-6-13(12)19(16)21-22-20-15-8-4-3-7-14(15)18(11-17(20)24)28(25,26)27;18-9-5-6-13(21)12(7-9)19-20-14-15(22)10-3-1-2-4-11(10)16-17(14)26(23,24)8-25-16;;;/h1-11,23-24H,(H,25,26,27);1-7,21-22H,8H2;;;/q;;;2*+1/p-1. The fraction of sp³-hybridized carbons (Fsp3) is 0.0270. The van der Waals surface area contributed by atoms with Gasteiger partial charge in [0.1, 0.15) is 55.1 Å². The van der Waals surface area contributed by atoms with Gasteiger partial charge in [-0.15, -0.1) is 20.5 Å². The molecule has 14 nitrogen and oxygen atoms in total. The summed E-state index contributed by atoms with van der Waals surface area (Å²) >= 11 is 5.87. The molecule has 20 heteroatoms. The van der Waals surface area contributed by atoms with E-state index in [0.717, 1.165) is 11.5 Å². The summed E-state index contributed by atoms with van der Waals surface area (Å²) < 4.78 is 64.7. The SMILES string of the molecule is O=S(=O)([O-])c1cc(O)c(N=Nc2c(O)ccc3ccccc23)c2ccccc12.O=S1(=O)COc2c1c(N=Nc1cc(Cl)ccc1O)c(O)c1ccccc21.[Cr].[Na+].[Na+]. The van der Waals surface area contributed by atoms with Crippen LogP contribution in [-0.4, -0.2) is 47.8 Å². The number of halogens is 1. The van der Waals surface area contributed by atoms with Gasteiger partial charge in [0, 0.05) is 55.4 Å². The number of azo groups is 2. The molecule has 0 aliphatic carbocycles. The van der Waals surface area contributed by atoms with Crippen LogP contribution in [0.2, 0.25) is 5.02 Å². The largest absolute Gasteiger partial charge is 1.00 e. The Balaban J connectivity index is 0.000000241. The Morgan fingerprint density at radius 2 is 1.18 bits per heavy atom. The van der Waals surface area contributed by atoms with Gasteiger partial charge in [-0.2, -0.15) is 0 Å².